The Labute approximate surface area is 119 Å². The number of nitrogens with zero attached hydrogens (tertiary/aromatic N) is 1. The zero-order valence-electron chi connectivity index (χ0n) is 11.7. The Hall–Kier alpha value is -1.06. The molecule has 1 aromatic rings. The number of benzene rings is 1. The highest BCUT2D eigenvalue weighted by Crippen LogP contribution is 2.30. The van der Waals surface area contributed by atoms with Crippen LogP contribution in [-0.4, -0.2) is 37.1 Å². The van der Waals surface area contributed by atoms with Gasteiger partial charge in [-0.3, -0.25) is 4.79 Å². The number of hydrogen-bond donors (Lipinski definition) is 0. The van der Waals surface area contributed by atoms with Crippen LogP contribution in [0.25, 0.3) is 0 Å². The number of halogens is 1. The van der Waals surface area contributed by atoms with Crippen molar-refractivity contribution in [2.45, 2.75) is 26.1 Å². The SMILES string of the molecule is Cc1cc(C)c(C(Cl)C(=O)N2CCOCC2)c(C)c1. The van der Waals surface area contributed by atoms with E-state index in [9.17, 15) is 4.79 Å². The summed E-state index contributed by atoms with van der Waals surface area (Å²) in [6, 6.07) is 4.15. The Kier molecular flexibility index (Phi) is 4.48. The summed E-state index contributed by atoms with van der Waals surface area (Å²) in [6.07, 6.45) is 0. The number of aryl methyl sites for hydroxylation is 3. The van der Waals surface area contributed by atoms with Gasteiger partial charge >= 0.3 is 0 Å². The van der Waals surface area contributed by atoms with Gasteiger partial charge in [-0.1, -0.05) is 17.7 Å². The Morgan fingerprint density at radius 3 is 2.26 bits per heavy atom. The molecule has 2 rings (SSSR count). The molecule has 1 heterocycles. The minimum absolute atomic E-state index is 0.0139. The van der Waals surface area contributed by atoms with Gasteiger partial charge in [0, 0.05) is 13.1 Å². The summed E-state index contributed by atoms with van der Waals surface area (Å²) in [5, 5.41) is -0.598. The fourth-order valence-corrected chi connectivity index (χ4v) is 3.14. The highest BCUT2D eigenvalue weighted by molar-refractivity contribution is 6.31. The summed E-state index contributed by atoms with van der Waals surface area (Å²) in [4.78, 5) is 14.2. The number of carbonyl (C=O) groups excluding carboxylic acids is 1. The second-order valence-corrected chi connectivity index (χ2v) is 5.55. The third-order valence-electron chi connectivity index (χ3n) is 3.53. The molecule has 0 aliphatic carbocycles. The second-order valence-electron chi connectivity index (χ2n) is 5.11. The average molecular weight is 282 g/mol. The van der Waals surface area contributed by atoms with Crippen molar-refractivity contribution in [2.75, 3.05) is 26.3 Å². The molecule has 0 spiro atoms. The Balaban J connectivity index is 2.23. The molecule has 0 N–H and O–H groups in total. The lowest BCUT2D eigenvalue weighted by molar-refractivity contribution is -0.135. The molecule has 1 aromatic carbocycles. The fourth-order valence-electron chi connectivity index (χ4n) is 2.66. The lowest BCUT2D eigenvalue weighted by Gasteiger charge is -2.29. The van der Waals surface area contributed by atoms with Gasteiger partial charge < -0.3 is 9.64 Å². The largest absolute Gasteiger partial charge is 0.378 e. The molecule has 1 aliphatic rings. The lowest BCUT2D eigenvalue weighted by atomic mass is 9.96. The molecule has 0 bridgehead atoms. The molecule has 1 saturated heterocycles. The van der Waals surface area contributed by atoms with Gasteiger partial charge in [-0.05, 0) is 37.5 Å². The maximum atomic E-state index is 12.4. The van der Waals surface area contributed by atoms with Crippen LogP contribution < -0.4 is 0 Å². The molecule has 19 heavy (non-hydrogen) atoms. The smallest absolute Gasteiger partial charge is 0.245 e. The van der Waals surface area contributed by atoms with Gasteiger partial charge in [0.25, 0.3) is 0 Å². The molecule has 0 saturated carbocycles. The van der Waals surface area contributed by atoms with E-state index >= 15 is 0 Å². The first-order valence-corrected chi connectivity index (χ1v) is 7.02. The van der Waals surface area contributed by atoms with Crippen LogP contribution in [-0.2, 0) is 9.53 Å². The van der Waals surface area contributed by atoms with E-state index in [0.29, 0.717) is 26.3 Å². The van der Waals surface area contributed by atoms with Crippen molar-refractivity contribution in [3.05, 3.63) is 34.4 Å². The van der Waals surface area contributed by atoms with Gasteiger partial charge in [0.2, 0.25) is 5.91 Å². The summed E-state index contributed by atoms with van der Waals surface area (Å²) in [5.74, 6) is -0.0139. The molecule has 1 aliphatic heterocycles. The highest BCUT2D eigenvalue weighted by atomic mass is 35.5. The molecule has 1 atom stereocenters. The van der Waals surface area contributed by atoms with Gasteiger partial charge in [-0.2, -0.15) is 0 Å². The maximum absolute atomic E-state index is 12.4. The van der Waals surface area contributed by atoms with E-state index in [1.54, 1.807) is 4.90 Å². The number of rotatable bonds is 2. The Morgan fingerprint density at radius 2 is 1.74 bits per heavy atom. The number of morpholine rings is 1. The first kappa shape index (κ1) is 14.4. The second kappa shape index (κ2) is 5.93. The van der Waals surface area contributed by atoms with Gasteiger partial charge in [-0.25, -0.2) is 0 Å². The van der Waals surface area contributed by atoms with E-state index in [0.717, 1.165) is 16.7 Å². The summed E-state index contributed by atoms with van der Waals surface area (Å²) < 4.78 is 5.26. The molecule has 1 amide bonds. The molecule has 1 fully saturated rings. The Bertz CT molecular complexity index is 458. The van der Waals surface area contributed by atoms with E-state index in [2.05, 4.69) is 19.1 Å². The number of ether oxygens (including phenoxy) is 1. The minimum Gasteiger partial charge on any atom is -0.378 e. The van der Waals surface area contributed by atoms with Crippen molar-refractivity contribution in [1.29, 1.82) is 0 Å². The minimum atomic E-state index is -0.598. The van der Waals surface area contributed by atoms with Crippen LogP contribution in [0.1, 0.15) is 27.6 Å². The number of alkyl halides is 1. The maximum Gasteiger partial charge on any atom is 0.245 e. The van der Waals surface area contributed by atoms with Crippen LogP contribution in [0.2, 0.25) is 0 Å². The van der Waals surface area contributed by atoms with Crippen molar-refractivity contribution in [3.63, 3.8) is 0 Å². The lowest BCUT2D eigenvalue weighted by Crippen LogP contribution is -2.42. The van der Waals surface area contributed by atoms with Gasteiger partial charge in [0.1, 0.15) is 5.38 Å². The number of amides is 1. The van der Waals surface area contributed by atoms with Crippen molar-refractivity contribution >= 4 is 17.5 Å². The zero-order valence-corrected chi connectivity index (χ0v) is 12.5. The number of carbonyl (C=O) groups is 1. The molecular weight excluding hydrogens is 262 g/mol. The quantitative estimate of drug-likeness (QED) is 0.780. The van der Waals surface area contributed by atoms with E-state index in [4.69, 9.17) is 16.3 Å². The molecule has 4 heteroatoms. The average Bonchev–Trinajstić information content (AvgIpc) is 2.37. The van der Waals surface area contributed by atoms with E-state index < -0.39 is 5.38 Å². The number of hydrogen-bond acceptors (Lipinski definition) is 2. The van der Waals surface area contributed by atoms with Crippen molar-refractivity contribution in [3.8, 4) is 0 Å². The molecule has 0 aromatic heterocycles. The van der Waals surface area contributed by atoms with Crippen LogP contribution in [0.3, 0.4) is 0 Å². The standard InChI is InChI=1S/C15H20ClNO2/c1-10-8-11(2)13(12(3)9-10)14(16)15(18)17-4-6-19-7-5-17/h8-9,14H,4-7H2,1-3H3. The summed E-state index contributed by atoms with van der Waals surface area (Å²) >= 11 is 6.42. The van der Waals surface area contributed by atoms with Gasteiger partial charge in [-0.15, -0.1) is 11.6 Å². The van der Waals surface area contributed by atoms with E-state index in [1.807, 2.05) is 13.8 Å². The first-order chi connectivity index (χ1) is 9.00. The Morgan fingerprint density at radius 1 is 1.21 bits per heavy atom. The topological polar surface area (TPSA) is 29.5 Å². The van der Waals surface area contributed by atoms with Crippen LogP contribution in [0, 0.1) is 20.8 Å². The summed E-state index contributed by atoms with van der Waals surface area (Å²) in [6.45, 7) is 8.53. The summed E-state index contributed by atoms with van der Waals surface area (Å²) in [5.41, 5.74) is 4.31. The van der Waals surface area contributed by atoms with Crippen molar-refractivity contribution in [2.24, 2.45) is 0 Å². The first-order valence-electron chi connectivity index (χ1n) is 6.59. The van der Waals surface area contributed by atoms with Gasteiger partial charge in [0.05, 0.1) is 13.2 Å². The zero-order chi connectivity index (χ0) is 14.0. The highest BCUT2D eigenvalue weighted by Gasteiger charge is 2.27. The monoisotopic (exact) mass is 281 g/mol. The molecule has 104 valence electrons. The van der Waals surface area contributed by atoms with Gasteiger partial charge in [0.15, 0.2) is 0 Å². The van der Waals surface area contributed by atoms with E-state index in [1.165, 1.54) is 5.56 Å². The molecule has 0 radical (unpaired) electrons. The fraction of sp³-hybridized carbons (Fsp3) is 0.533. The van der Waals surface area contributed by atoms with Crippen molar-refractivity contribution < 1.29 is 9.53 Å². The van der Waals surface area contributed by atoms with Crippen LogP contribution in [0.4, 0.5) is 0 Å². The molecule has 3 nitrogen and oxygen atoms in total. The van der Waals surface area contributed by atoms with Crippen LogP contribution in [0.15, 0.2) is 12.1 Å². The van der Waals surface area contributed by atoms with Crippen molar-refractivity contribution in [1.82, 2.24) is 4.90 Å². The predicted molar refractivity (Wildman–Crippen MR) is 76.6 cm³/mol. The normalized spacial score (nSPS) is 17.4. The van der Waals surface area contributed by atoms with Crippen LogP contribution >= 0.6 is 11.6 Å². The summed E-state index contributed by atoms with van der Waals surface area (Å²) in [7, 11) is 0. The molecular formula is C15H20ClNO2. The van der Waals surface area contributed by atoms with E-state index in [-0.39, 0.29) is 5.91 Å². The third-order valence-corrected chi connectivity index (χ3v) is 3.94. The van der Waals surface area contributed by atoms with Crippen LogP contribution in [0.5, 0.6) is 0 Å². The molecule has 1 unspecified atom stereocenters. The predicted octanol–water partition coefficient (Wildman–Crippen LogP) is 2.75. The third kappa shape index (κ3) is 3.10.